The van der Waals surface area contributed by atoms with Crippen LogP contribution in [0.25, 0.3) is 33.1 Å². The summed E-state index contributed by atoms with van der Waals surface area (Å²) >= 11 is 0. The maximum absolute atomic E-state index is 7.37. The van der Waals surface area contributed by atoms with Crippen molar-refractivity contribution < 1.29 is 4.42 Å². The predicted octanol–water partition coefficient (Wildman–Crippen LogP) is -6.93. The van der Waals surface area contributed by atoms with E-state index in [2.05, 4.69) is 58.0 Å². The Bertz CT molecular complexity index is 3170. The Morgan fingerprint density at radius 2 is 0.794 bits per heavy atom. The lowest BCUT2D eigenvalue weighted by Crippen LogP contribution is -2.57. The average molecular weight is 767 g/mol. The Kier molecular flexibility index (Phi) is 10.2. The van der Waals surface area contributed by atoms with Gasteiger partial charge in [0.25, 0.3) is 0 Å². The summed E-state index contributed by atoms with van der Waals surface area (Å²) in [5.41, 5.74) is 4.91. The van der Waals surface area contributed by atoms with Gasteiger partial charge in [-0.1, -0.05) is 124 Å². The molecular weight excluding hydrogens is 743 g/mol. The summed E-state index contributed by atoms with van der Waals surface area (Å²) in [6.45, 7) is 8.98. The van der Waals surface area contributed by atoms with Crippen molar-refractivity contribution in [3.8, 4) is 11.1 Å². The fraction of sp³-hybridized carbons (Fsp3) is 0.200. The minimum Gasteiger partial charge on any atom is -0.457 e. The minimum atomic E-state index is -0.494. The van der Waals surface area contributed by atoms with Crippen LogP contribution in [0.1, 0.15) is 62.8 Å². The van der Waals surface area contributed by atoms with Crippen LogP contribution < -0.4 is 92.3 Å². The van der Waals surface area contributed by atoms with Crippen LogP contribution in [0.3, 0.4) is 0 Å². The highest BCUT2D eigenvalue weighted by molar-refractivity contribution is 6.72. The number of nitrogens with zero attached hydrogens (tertiary/aromatic N) is 1. The number of hydrogen-bond acceptors (Lipinski definition) is 2. The first-order chi connectivity index (χ1) is 29.4. The molecule has 63 heavy (non-hydrogen) atoms. The Morgan fingerprint density at radius 1 is 0.397 bits per heavy atom. The molecule has 2 aliphatic rings. The summed E-state index contributed by atoms with van der Waals surface area (Å²) in [7, 11) is 108. The second kappa shape index (κ2) is 14.5. The van der Waals surface area contributed by atoms with E-state index < -0.39 is 5.41 Å². The monoisotopic (exact) mass is 769 g/mol. The molecule has 2 nitrogen and oxygen atoms in total. The lowest BCUT2D eigenvalue weighted by molar-refractivity contribution is 0.350. The highest BCUT2D eigenvalue weighted by atomic mass is 16.3. The molecule has 9 rings (SSSR count). The van der Waals surface area contributed by atoms with Crippen molar-refractivity contribution in [3.05, 3.63) is 64.7 Å². The molecule has 18 heteroatoms. The van der Waals surface area contributed by atoms with Crippen molar-refractivity contribution in [1.82, 2.24) is 0 Å². The van der Waals surface area contributed by atoms with Crippen molar-refractivity contribution in [1.29, 1.82) is 0 Å². The highest BCUT2D eigenvalue weighted by Crippen LogP contribution is 2.64. The van der Waals surface area contributed by atoms with E-state index in [0.29, 0.717) is 5.69 Å². The van der Waals surface area contributed by atoms with Gasteiger partial charge in [0.1, 0.15) is 137 Å². The summed E-state index contributed by atoms with van der Waals surface area (Å²) in [4.78, 5) is 1.75. The number of rotatable bonds is 4. The van der Waals surface area contributed by atoms with E-state index in [-0.39, 0.29) is 143 Å². The Labute approximate surface area is 391 Å². The van der Waals surface area contributed by atoms with E-state index in [4.69, 9.17) is 130 Å². The van der Waals surface area contributed by atoms with Gasteiger partial charge in [0.05, 0.1) is 5.69 Å². The van der Waals surface area contributed by atoms with Gasteiger partial charge < -0.3 is 9.32 Å². The Balaban J connectivity index is 1.45. The molecule has 1 aromatic heterocycles. The maximum Gasteiger partial charge on any atom is 0.127 e. The van der Waals surface area contributed by atoms with E-state index in [9.17, 15) is 0 Å². The molecular formula is C45H23B16NO. The molecule has 0 bridgehead atoms. The third kappa shape index (κ3) is 5.80. The fourth-order valence-electron chi connectivity index (χ4n) is 11.0. The molecule has 7 aromatic rings. The van der Waals surface area contributed by atoms with Gasteiger partial charge in [-0.25, -0.2) is 0 Å². The molecule has 0 aliphatic heterocycles. The third-order valence-corrected chi connectivity index (χ3v) is 13.8. The molecule has 0 fully saturated rings. The molecule has 262 valence electrons. The third-order valence-electron chi connectivity index (χ3n) is 13.8. The van der Waals surface area contributed by atoms with Crippen LogP contribution in [0.4, 0.5) is 17.1 Å². The topological polar surface area (TPSA) is 16.4 Å². The largest absolute Gasteiger partial charge is 0.457 e. The van der Waals surface area contributed by atoms with Crippen LogP contribution in [0, 0.1) is 0 Å². The van der Waals surface area contributed by atoms with Crippen LogP contribution in [-0.2, 0) is 16.2 Å². The zero-order valence-corrected chi connectivity index (χ0v) is 35.5. The van der Waals surface area contributed by atoms with Crippen molar-refractivity contribution in [3.63, 3.8) is 0 Å². The molecule has 6 aromatic carbocycles. The Morgan fingerprint density at radius 3 is 1.37 bits per heavy atom. The summed E-state index contributed by atoms with van der Waals surface area (Å²) in [6.07, 6.45) is 1.62. The number of fused-ring (bicyclic) bond motifs is 7. The standard InChI is InChI=1S/C45H23B16NO/c1-43(2)12-45(15-9-6-5-8-14(15)43)13-44(3,4)22-16(45)10-7-11-17(22)62(39-28(51)21-20-27(50)31(54)33(56)37(60)41(20)63-42(21)38(61)36(39)59)40-34(57)25(48)19(26(49)35(40)58)18-23(46)29(52)32(55)30(53)24(18)47/h5-11H,12-13H2,1-4H3. The highest BCUT2D eigenvalue weighted by Gasteiger charge is 2.57. The summed E-state index contributed by atoms with van der Waals surface area (Å²) < 4.78 is 6.28. The van der Waals surface area contributed by atoms with Gasteiger partial charge in [-0.2, -0.15) is 0 Å². The first kappa shape index (κ1) is 44.2. The van der Waals surface area contributed by atoms with Crippen LogP contribution in [0.5, 0.6) is 0 Å². The lowest BCUT2D eigenvalue weighted by Gasteiger charge is -2.38. The van der Waals surface area contributed by atoms with Gasteiger partial charge >= 0.3 is 0 Å². The van der Waals surface area contributed by atoms with Crippen LogP contribution in [0.2, 0.25) is 0 Å². The van der Waals surface area contributed by atoms with Crippen LogP contribution in [-0.4, -0.2) is 126 Å². The Hall–Kier alpha value is -4.04. The van der Waals surface area contributed by atoms with Gasteiger partial charge in [0.2, 0.25) is 0 Å². The number of benzene rings is 6. The maximum atomic E-state index is 7.37. The normalized spacial score (nSPS) is 17.1. The molecule has 1 unspecified atom stereocenters. The summed E-state index contributed by atoms with van der Waals surface area (Å²) in [5.74, 6) is 0. The molecule has 32 radical (unpaired) electrons. The van der Waals surface area contributed by atoms with Crippen LogP contribution in [0.15, 0.2) is 46.9 Å². The molecule has 1 spiro atoms. The molecule has 1 atom stereocenters. The zero-order valence-electron chi connectivity index (χ0n) is 35.5. The van der Waals surface area contributed by atoms with Crippen molar-refractivity contribution in [2.45, 2.75) is 56.8 Å². The van der Waals surface area contributed by atoms with Gasteiger partial charge in [-0.3, -0.25) is 0 Å². The van der Waals surface area contributed by atoms with Gasteiger partial charge in [0, 0.05) is 27.6 Å². The SMILES string of the molecule is [B]c1c([B])c([B])c(-c2c([B])c([B])c(N(c3cccc4c3C(C)(C)CC43CC(C)(C)c4ccccc43)c3c([B])c([B])c4oc5c([B])c([B])c([B])c([B])c5c4c3[B])c([B])c2[B])c([B])c1[B]. The van der Waals surface area contributed by atoms with Crippen molar-refractivity contribution >= 4 is 252 Å². The van der Waals surface area contributed by atoms with E-state index in [1.165, 1.54) is 11.1 Å². The smallest absolute Gasteiger partial charge is 0.127 e. The fourth-order valence-corrected chi connectivity index (χ4v) is 11.0. The molecule has 0 saturated carbocycles. The number of hydrogen-bond donors (Lipinski definition) is 0. The van der Waals surface area contributed by atoms with Gasteiger partial charge in [0.15, 0.2) is 0 Å². The summed E-state index contributed by atoms with van der Waals surface area (Å²) in [5, 5.41) is 0.548. The van der Waals surface area contributed by atoms with Crippen molar-refractivity contribution in [2.75, 3.05) is 4.90 Å². The van der Waals surface area contributed by atoms with E-state index in [1.807, 2.05) is 12.1 Å². The van der Waals surface area contributed by atoms with Crippen molar-refractivity contribution in [2.24, 2.45) is 0 Å². The zero-order chi connectivity index (χ0) is 45.9. The van der Waals surface area contributed by atoms with Gasteiger partial charge in [-0.05, 0) is 63.1 Å². The molecule has 0 amide bonds. The van der Waals surface area contributed by atoms with Gasteiger partial charge in [-0.15, -0.1) is 27.3 Å². The molecule has 0 saturated heterocycles. The molecule has 1 heterocycles. The van der Waals surface area contributed by atoms with E-state index in [0.717, 1.165) is 24.0 Å². The second-order valence-electron chi connectivity index (χ2n) is 18.4. The number of furan rings is 1. The second-order valence-corrected chi connectivity index (χ2v) is 18.4. The predicted molar refractivity (Wildman–Crippen MR) is 283 cm³/mol. The number of anilines is 3. The lowest BCUT2D eigenvalue weighted by atomic mass is 9.56. The quantitative estimate of drug-likeness (QED) is 0.166. The minimum absolute atomic E-state index is 0.000183. The first-order valence-electron chi connectivity index (χ1n) is 20.2. The van der Waals surface area contributed by atoms with E-state index >= 15 is 0 Å². The molecule has 0 N–H and O–H groups in total. The first-order valence-corrected chi connectivity index (χ1v) is 20.2. The van der Waals surface area contributed by atoms with Crippen LogP contribution >= 0.6 is 0 Å². The molecule has 2 aliphatic carbocycles. The summed E-state index contributed by atoms with van der Waals surface area (Å²) in [6, 6.07) is 14.7. The van der Waals surface area contributed by atoms with E-state index in [1.54, 1.807) is 4.90 Å². The average Bonchev–Trinajstić information content (AvgIpc) is 3.84.